The monoisotopic (exact) mass is 301 g/mol. The van der Waals surface area contributed by atoms with Gasteiger partial charge in [0.25, 0.3) is 0 Å². The standard InChI is InChI=1S/C15H16ClN5/c1-15(2,3)8-7-10-9-18-14(16)21-13(10)20-12-6-4-5-11(17)19-12/h4-6,9H,1-3H3,(H3,17,18,19,20,21). The molecule has 0 saturated heterocycles. The van der Waals surface area contributed by atoms with Gasteiger partial charge in [0.15, 0.2) is 5.82 Å². The molecule has 0 aliphatic carbocycles. The van der Waals surface area contributed by atoms with E-state index in [0.717, 1.165) is 0 Å². The molecule has 0 aliphatic heterocycles. The summed E-state index contributed by atoms with van der Waals surface area (Å²) in [6, 6.07) is 5.29. The van der Waals surface area contributed by atoms with E-state index >= 15 is 0 Å². The molecule has 6 heteroatoms. The molecule has 0 aromatic carbocycles. The van der Waals surface area contributed by atoms with Crippen molar-refractivity contribution in [3.8, 4) is 11.8 Å². The Morgan fingerprint density at radius 3 is 2.67 bits per heavy atom. The first-order valence-electron chi connectivity index (χ1n) is 6.39. The van der Waals surface area contributed by atoms with Gasteiger partial charge < -0.3 is 11.1 Å². The summed E-state index contributed by atoms with van der Waals surface area (Å²) in [5, 5.41) is 3.20. The zero-order valence-electron chi connectivity index (χ0n) is 12.1. The number of pyridine rings is 1. The Morgan fingerprint density at radius 2 is 2.00 bits per heavy atom. The zero-order chi connectivity index (χ0) is 15.5. The molecule has 0 radical (unpaired) electrons. The van der Waals surface area contributed by atoms with Gasteiger partial charge in [0.1, 0.15) is 11.6 Å². The van der Waals surface area contributed by atoms with Gasteiger partial charge in [-0.3, -0.25) is 0 Å². The van der Waals surface area contributed by atoms with Crippen LogP contribution in [-0.4, -0.2) is 15.0 Å². The van der Waals surface area contributed by atoms with Crippen LogP contribution in [0.25, 0.3) is 0 Å². The normalized spacial score (nSPS) is 10.7. The second-order valence-electron chi connectivity index (χ2n) is 5.47. The van der Waals surface area contributed by atoms with Crippen molar-refractivity contribution >= 4 is 29.1 Å². The van der Waals surface area contributed by atoms with Gasteiger partial charge in [-0.25, -0.2) is 9.97 Å². The smallest absolute Gasteiger partial charge is 0.224 e. The fraction of sp³-hybridized carbons (Fsp3) is 0.267. The maximum absolute atomic E-state index is 5.85. The molecule has 0 aliphatic rings. The molecule has 5 nitrogen and oxygen atoms in total. The third-order valence-corrected chi connectivity index (χ3v) is 2.53. The first kappa shape index (κ1) is 15.1. The van der Waals surface area contributed by atoms with E-state index in [9.17, 15) is 0 Å². The van der Waals surface area contributed by atoms with Crippen molar-refractivity contribution in [1.82, 2.24) is 15.0 Å². The number of nitrogens with zero attached hydrogens (tertiary/aromatic N) is 3. The summed E-state index contributed by atoms with van der Waals surface area (Å²) < 4.78 is 0. The summed E-state index contributed by atoms with van der Waals surface area (Å²) >= 11 is 5.85. The van der Waals surface area contributed by atoms with Gasteiger partial charge in [-0.1, -0.05) is 17.9 Å². The van der Waals surface area contributed by atoms with Gasteiger partial charge >= 0.3 is 0 Å². The average Bonchev–Trinajstić information content (AvgIpc) is 2.36. The van der Waals surface area contributed by atoms with Crippen molar-refractivity contribution in [3.05, 3.63) is 35.2 Å². The molecule has 2 aromatic rings. The van der Waals surface area contributed by atoms with E-state index in [-0.39, 0.29) is 10.7 Å². The minimum atomic E-state index is -0.119. The van der Waals surface area contributed by atoms with Crippen LogP contribution in [0.2, 0.25) is 5.28 Å². The Kier molecular flexibility index (Phi) is 4.29. The van der Waals surface area contributed by atoms with Gasteiger partial charge in [0.2, 0.25) is 5.28 Å². The Bertz CT molecular complexity index is 710. The lowest BCUT2D eigenvalue weighted by Gasteiger charge is -2.09. The van der Waals surface area contributed by atoms with Crippen LogP contribution in [0.4, 0.5) is 17.5 Å². The highest BCUT2D eigenvalue weighted by Crippen LogP contribution is 2.19. The summed E-state index contributed by atoms with van der Waals surface area (Å²) in [6.45, 7) is 6.09. The Balaban J connectivity index is 2.37. The lowest BCUT2D eigenvalue weighted by Crippen LogP contribution is -2.03. The third kappa shape index (κ3) is 4.62. The van der Waals surface area contributed by atoms with Crippen molar-refractivity contribution in [1.29, 1.82) is 0 Å². The number of hydrogen-bond donors (Lipinski definition) is 2. The fourth-order valence-electron chi connectivity index (χ4n) is 1.44. The van der Waals surface area contributed by atoms with Crippen LogP contribution in [0.5, 0.6) is 0 Å². The largest absolute Gasteiger partial charge is 0.384 e. The molecule has 2 rings (SSSR count). The molecule has 0 fully saturated rings. The molecule has 3 N–H and O–H groups in total. The minimum absolute atomic E-state index is 0.119. The molecule has 0 amide bonds. The van der Waals surface area contributed by atoms with E-state index in [1.54, 1.807) is 24.4 Å². The maximum Gasteiger partial charge on any atom is 0.224 e. The molecule has 108 valence electrons. The van der Waals surface area contributed by atoms with Crippen LogP contribution in [0.1, 0.15) is 26.3 Å². The van der Waals surface area contributed by atoms with E-state index in [0.29, 0.717) is 23.0 Å². The highest BCUT2D eigenvalue weighted by Gasteiger charge is 2.08. The van der Waals surface area contributed by atoms with Gasteiger partial charge in [-0.15, -0.1) is 0 Å². The summed E-state index contributed by atoms with van der Waals surface area (Å²) in [7, 11) is 0. The topological polar surface area (TPSA) is 76.7 Å². The van der Waals surface area contributed by atoms with Gasteiger partial charge in [0, 0.05) is 11.6 Å². The second kappa shape index (κ2) is 5.98. The minimum Gasteiger partial charge on any atom is -0.384 e. The number of nitrogens with one attached hydrogen (secondary N) is 1. The average molecular weight is 302 g/mol. The number of halogens is 1. The number of aromatic nitrogens is 3. The Morgan fingerprint density at radius 1 is 1.24 bits per heavy atom. The van der Waals surface area contributed by atoms with Gasteiger partial charge in [-0.2, -0.15) is 4.98 Å². The van der Waals surface area contributed by atoms with Crippen LogP contribution < -0.4 is 11.1 Å². The highest BCUT2D eigenvalue weighted by atomic mass is 35.5. The van der Waals surface area contributed by atoms with E-state index < -0.39 is 0 Å². The number of nitrogen functional groups attached to an aromatic ring is 1. The number of anilines is 3. The summed E-state index contributed by atoms with van der Waals surface area (Å²) in [5.74, 6) is 7.69. The molecule has 0 spiro atoms. The highest BCUT2D eigenvalue weighted by molar-refractivity contribution is 6.28. The zero-order valence-corrected chi connectivity index (χ0v) is 12.9. The van der Waals surface area contributed by atoms with E-state index in [4.69, 9.17) is 17.3 Å². The predicted octanol–water partition coefficient (Wildman–Crippen LogP) is 3.25. The number of hydrogen-bond acceptors (Lipinski definition) is 5. The van der Waals surface area contributed by atoms with Crippen molar-refractivity contribution < 1.29 is 0 Å². The second-order valence-corrected chi connectivity index (χ2v) is 5.81. The number of nitrogens with two attached hydrogens (primary N) is 1. The molecular formula is C15H16ClN5. The van der Waals surface area contributed by atoms with Crippen LogP contribution in [0.15, 0.2) is 24.4 Å². The molecule has 2 aromatic heterocycles. The SMILES string of the molecule is CC(C)(C)C#Cc1cnc(Cl)nc1Nc1cccc(N)n1. The number of rotatable bonds is 2. The quantitative estimate of drug-likeness (QED) is 0.658. The van der Waals surface area contributed by atoms with Crippen molar-refractivity contribution in [3.63, 3.8) is 0 Å². The lowest BCUT2D eigenvalue weighted by atomic mass is 9.97. The first-order valence-corrected chi connectivity index (χ1v) is 6.76. The third-order valence-electron chi connectivity index (χ3n) is 2.35. The first-order chi connectivity index (χ1) is 9.83. The van der Waals surface area contributed by atoms with Crippen molar-refractivity contribution in [2.75, 3.05) is 11.1 Å². The molecule has 0 atom stereocenters. The van der Waals surface area contributed by atoms with E-state index in [2.05, 4.69) is 32.1 Å². The van der Waals surface area contributed by atoms with Crippen molar-refractivity contribution in [2.45, 2.75) is 20.8 Å². The molecule has 21 heavy (non-hydrogen) atoms. The maximum atomic E-state index is 5.85. The molecule has 2 heterocycles. The molecule has 0 unspecified atom stereocenters. The van der Waals surface area contributed by atoms with Crippen LogP contribution in [-0.2, 0) is 0 Å². The van der Waals surface area contributed by atoms with E-state index in [1.807, 2.05) is 20.8 Å². The van der Waals surface area contributed by atoms with Crippen LogP contribution in [0, 0.1) is 17.3 Å². The van der Waals surface area contributed by atoms with Crippen LogP contribution >= 0.6 is 11.6 Å². The summed E-state index contributed by atoms with van der Waals surface area (Å²) in [5.41, 5.74) is 6.19. The van der Waals surface area contributed by atoms with Crippen LogP contribution in [0.3, 0.4) is 0 Å². The summed E-state index contributed by atoms with van der Waals surface area (Å²) in [4.78, 5) is 12.3. The molecule has 0 bridgehead atoms. The lowest BCUT2D eigenvalue weighted by molar-refractivity contribution is 0.571. The summed E-state index contributed by atoms with van der Waals surface area (Å²) in [6.07, 6.45) is 1.59. The Labute approximate surface area is 129 Å². The van der Waals surface area contributed by atoms with Crippen molar-refractivity contribution in [2.24, 2.45) is 5.41 Å². The predicted molar refractivity (Wildman–Crippen MR) is 85.3 cm³/mol. The van der Waals surface area contributed by atoms with Gasteiger partial charge in [0.05, 0.1) is 5.56 Å². The Hall–Kier alpha value is -2.32. The molecular weight excluding hydrogens is 286 g/mol. The van der Waals surface area contributed by atoms with Gasteiger partial charge in [-0.05, 0) is 44.5 Å². The fourth-order valence-corrected chi connectivity index (χ4v) is 1.58. The van der Waals surface area contributed by atoms with E-state index in [1.165, 1.54) is 0 Å². The molecule has 0 saturated carbocycles.